The number of unbranched alkanes of at least 4 members (excludes halogenated alkanes) is 14. The van der Waals surface area contributed by atoms with Crippen LogP contribution in [0.25, 0.3) is 11.4 Å². The van der Waals surface area contributed by atoms with E-state index in [-0.39, 0.29) is 0 Å². The fourth-order valence-corrected chi connectivity index (χ4v) is 4.38. The second kappa shape index (κ2) is 17.8. The third-order valence-electron chi connectivity index (χ3n) is 6.56. The molecule has 0 atom stereocenters. The highest BCUT2D eigenvalue weighted by Crippen LogP contribution is 2.18. The second-order valence-electron chi connectivity index (χ2n) is 9.56. The van der Waals surface area contributed by atoms with Crippen LogP contribution in [0.4, 0.5) is 0 Å². The predicted octanol–water partition coefficient (Wildman–Crippen LogP) is 9.51. The van der Waals surface area contributed by atoms with Gasteiger partial charge in [-0.1, -0.05) is 128 Å². The van der Waals surface area contributed by atoms with Gasteiger partial charge in [-0.3, -0.25) is 0 Å². The fraction of sp³-hybridized carbons (Fsp3) is 0.667. The number of rotatable bonds is 19. The maximum absolute atomic E-state index is 4.63. The van der Waals surface area contributed by atoms with Gasteiger partial charge in [0.15, 0.2) is 5.82 Å². The van der Waals surface area contributed by atoms with E-state index in [1.54, 1.807) is 0 Å². The van der Waals surface area contributed by atoms with Gasteiger partial charge in [-0.15, -0.1) is 0 Å². The van der Waals surface area contributed by atoms with Crippen LogP contribution in [0.3, 0.4) is 0 Å². The zero-order valence-corrected chi connectivity index (χ0v) is 21.1. The third-order valence-corrected chi connectivity index (χ3v) is 6.56. The topological polar surface area (TPSA) is 25.8 Å². The van der Waals surface area contributed by atoms with Crippen LogP contribution in [0.5, 0.6) is 0 Å². The maximum atomic E-state index is 4.63. The first-order chi connectivity index (χ1) is 15.8. The van der Waals surface area contributed by atoms with Crippen LogP contribution in [0.2, 0.25) is 0 Å². The van der Waals surface area contributed by atoms with Gasteiger partial charge in [0.2, 0.25) is 0 Å². The summed E-state index contributed by atoms with van der Waals surface area (Å²) in [5.74, 6) is 0.848. The zero-order chi connectivity index (χ0) is 22.7. The lowest BCUT2D eigenvalue weighted by molar-refractivity contribution is 0.544. The first-order valence-electron chi connectivity index (χ1n) is 13.7. The van der Waals surface area contributed by atoms with Gasteiger partial charge < -0.3 is 0 Å². The van der Waals surface area contributed by atoms with E-state index in [4.69, 9.17) is 0 Å². The van der Waals surface area contributed by atoms with Crippen molar-refractivity contribution in [1.29, 1.82) is 0 Å². The van der Waals surface area contributed by atoms with Gasteiger partial charge >= 0.3 is 0 Å². The predicted molar refractivity (Wildman–Crippen MR) is 140 cm³/mol. The summed E-state index contributed by atoms with van der Waals surface area (Å²) in [7, 11) is 0. The lowest BCUT2D eigenvalue weighted by Gasteiger charge is -2.05. The fourth-order valence-electron chi connectivity index (χ4n) is 4.38. The van der Waals surface area contributed by atoms with E-state index >= 15 is 0 Å². The molecule has 1 aromatic heterocycles. The Morgan fingerprint density at radius 1 is 0.469 bits per heavy atom. The Kier molecular flexibility index (Phi) is 14.8. The summed E-state index contributed by atoms with van der Waals surface area (Å²) >= 11 is 0. The Labute approximate surface area is 198 Å². The van der Waals surface area contributed by atoms with Crippen molar-refractivity contribution in [2.75, 3.05) is 0 Å². The van der Waals surface area contributed by atoms with Crippen LogP contribution in [0.1, 0.15) is 128 Å². The van der Waals surface area contributed by atoms with E-state index in [1.807, 2.05) is 12.4 Å². The summed E-state index contributed by atoms with van der Waals surface area (Å²) in [4.78, 5) is 9.26. The molecule has 2 nitrogen and oxygen atoms in total. The molecule has 2 aromatic rings. The molecule has 0 radical (unpaired) electrons. The Morgan fingerprint density at radius 3 is 1.38 bits per heavy atom. The summed E-state index contributed by atoms with van der Waals surface area (Å²) in [5.41, 5.74) is 3.82. The molecule has 0 aliphatic carbocycles. The summed E-state index contributed by atoms with van der Waals surface area (Å²) in [6, 6.07) is 8.83. The van der Waals surface area contributed by atoms with Gasteiger partial charge in [0.05, 0.1) is 0 Å². The second-order valence-corrected chi connectivity index (χ2v) is 9.56. The van der Waals surface area contributed by atoms with Crippen LogP contribution in [0.15, 0.2) is 36.7 Å². The molecule has 0 bridgehead atoms. The van der Waals surface area contributed by atoms with Gasteiger partial charge in [0.25, 0.3) is 0 Å². The Morgan fingerprint density at radius 2 is 0.875 bits per heavy atom. The minimum atomic E-state index is 0.848. The number of aromatic nitrogens is 2. The lowest BCUT2D eigenvalue weighted by Crippen LogP contribution is -1.94. The van der Waals surface area contributed by atoms with E-state index in [2.05, 4.69) is 48.1 Å². The van der Waals surface area contributed by atoms with Gasteiger partial charge in [0, 0.05) is 18.0 Å². The highest BCUT2D eigenvalue weighted by atomic mass is 14.9. The number of hydrogen-bond acceptors (Lipinski definition) is 2. The molecule has 0 saturated heterocycles. The van der Waals surface area contributed by atoms with E-state index in [9.17, 15) is 0 Å². The average molecular weight is 437 g/mol. The molecular weight excluding hydrogens is 388 g/mol. The largest absolute Gasteiger partial charge is 0.236 e. The zero-order valence-electron chi connectivity index (χ0n) is 21.1. The molecule has 0 aliphatic rings. The molecule has 2 heteroatoms. The Balaban J connectivity index is 1.55. The van der Waals surface area contributed by atoms with E-state index < -0.39 is 0 Å². The summed E-state index contributed by atoms with van der Waals surface area (Å²) in [5, 5.41) is 0. The molecule has 0 amide bonds. The molecule has 1 aromatic carbocycles. The maximum Gasteiger partial charge on any atom is 0.159 e. The minimum absolute atomic E-state index is 0.848. The van der Waals surface area contributed by atoms with Crippen LogP contribution in [0, 0.1) is 0 Å². The molecule has 0 spiro atoms. The van der Waals surface area contributed by atoms with Gasteiger partial charge in [0.1, 0.15) is 0 Å². The van der Waals surface area contributed by atoms with Crippen molar-refractivity contribution < 1.29 is 0 Å². The molecule has 32 heavy (non-hydrogen) atoms. The third kappa shape index (κ3) is 11.8. The molecule has 178 valence electrons. The highest BCUT2D eigenvalue weighted by molar-refractivity contribution is 5.55. The van der Waals surface area contributed by atoms with Crippen molar-refractivity contribution in [1.82, 2.24) is 9.97 Å². The number of hydrogen-bond donors (Lipinski definition) is 0. The monoisotopic (exact) mass is 436 g/mol. The molecule has 0 aliphatic heterocycles. The molecular formula is C30H48N2. The molecule has 0 unspecified atom stereocenters. The molecule has 0 fully saturated rings. The average Bonchev–Trinajstić information content (AvgIpc) is 2.83. The first kappa shape index (κ1) is 26.6. The number of benzene rings is 1. The van der Waals surface area contributed by atoms with E-state index in [0.717, 1.165) is 17.8 Å². The van der Waals surface area contributed by atoms with Crippen LogP contribution >= 0.6 is 0 Å². The standard InChI is InChI=1S/C30H48N2/c1-3-5-7-9-10-11-12-13-14-15-16-18-20-28-25-31-30(32-26-28)29-23-21-27(22-24-29)19-17-8-6-4-2/h21-26H,3-20H2,1-2H3. The summed E-state index contributed by atoms with van der Waals surface area (Å²) in [6.45, 7) is 4.55. The minimum Gasteiger partial charge on any atom is -0.236 e. The Hall–Kier alpha value is -1.70. The van der Waals surface area contributed by atoms with E-state index in [1.165, 1.54) is 120 Å². The number of aryl methyl sites for hydroxylation is 2. The normalized spacial score (nSPS) is 11.2. The first-order valence-corrected chi connectivity index (χ1v) is 13.7. The van der Waals surface area contributed by atoms with Gasteiger partial charge in [-0.2, -0.15) is 0 Å². The van der Waals surface area contributed by atoms with E-state index in [0.29, 0.717) is 0 Å². The van der Waals surface area contributed by atoms with Crippen molar-refractivity contribution in [3.63, 3.8) is 0 Å². The van der Waals surface area contributed by atoms with Gasteiger partial charge in [-0.05, 0) is 36.8 Å². The molecule has 0 saturated carbocycles. The van der Waals surface area contributed by atoms with Crippen molar-refractivity contribution in [2.45, 2.75) is 129 Å². The van der Waals surface area contributed by atoms with Crippen molar-refractivity contribution >= 4 is 0 Å². The summed E-state index contributed by atoms with van der Waals surface area (Å²) in [6.07, 6.45) is 28.4. The van der Waals surface area contributed by atoms with Crippen molar-refractivity contribution in [3.8, 4) is 11.4 Å². The number of nitrogens with zero attached hydrogens (tertiary/aromatic N) is 2. The molecule has 0 N–H and O–H groups in total. The molecule has 1 heterocycles. The van der Waals surface area contributed by atoms with Crippen LogP contribution in [-0.2, 0) is 12.8 Å². The van der Waals surface area contributed by atoms with Crippen molar-refractivity contribution in [2.24, 2.45) is 0 Å². The smallest absolute Gasteiger partial charge is 0.159 e. The van der Waals surface area contributed by atoms with Crippen molar-refractivity contribution in [3.05, 3.63) is 47.8 Å². The summed E-state index contributed by atoms with van der Waals surface area (Å²) < 4.78 is 0. The highest BCUT2D eigenvalue weighted by Gasteiger charge is 2.03. The van der Waals surface area contributed by atoms with Crippen LogP contribution < -0.4 is 0 Å². The quantitative estimate of drug-likeness (QED) is 0.205. The Bertz CT molecular complexity index is 675. The molecule has 2 rings (SSSR count). The van der Waals surface area contributed by atoms with Crippen LogP contribution in [-0.4, -0.2) is 9.97 Å². The van der Waals surface area contributed by atoms with Gasteiger partial charge in [-0.25, -0.2) is 9.97 Å². The lowest BCUT2D eigenvalue weighted by atomic mass is 10.0. The SMILES string of the molecule is CCCCCCCCCCCCCCc1cnc(-c2ccc(CCCCCC)cc2)nc1.